The van der Waals surface area contributed by atoms with E-state index in [4.69, 9.17) is 0 Å². The fourth-order valence-electron chi connectivity index (χ4n) is 10.7. The average molecular weight is 461 g/mol. The summed E-state index contributed by atoms with van der Waals surface area (Å²) < 4.78 is 0. The van der Waals surface area contributed by atoms with Crippen LogP contribution in [0.5, 0.6) is 0 Å². The molecule has 188 valence electrons. The summed E-state index contributed by atoms with van der Waals surface area (Å²) in [5.41, 5.74) is 0.803. The molecule has 11 atom stereocenters. The second-order valence-electron chi connectivity index (χ2n) is 14.2. The first-order valence-electron chi connectivity index (χ1n) is 13.7. The minimum Gasteiger partial charge on any atom is -0.396 e. The van der Waals surface area contributed by atoms with Gasteiger partial charge in [-0.3, -0.25) is 0 Å². The number of hydrogen-bond acceptors (Lipinski definition) is 4. The molecule has 0 amide bonds. The molecule has 0 aromatic carbocycles. The van der Waals surface area contributed by atoms with Gasteiger partial charge >= 0.3 is 0 Å². The number of aliphatic hydroxyl groups is 4. The van der Waals surface area contributed by atoms with Crippen molar-refractivity contribution >= 4 is 0 Å². The van der Waals surface area contributed by atoms with Gasteiger partial charge in [0.2, 0.25) is 0 Å². The summed E-state index contributed by atoms with van der Waals surface area (Å²) in [5.74, 6) is 1.72. The Morgan fingerprint density at radius 2 is 1.64 bits per heavy atom. The third kappa shape index (κ3) is 2.90. The molecule has 5 rings (SSSR count). The van der Waals surface area contributed by atoms with Gasteiger partial charge in [-0.05, 0) is 90.8 Å². The average Bonchev–Trinajstić information content (AvgIpc) is 3.06. The predicted molar refractivity (Wildman–Crippen MR) is 130 cm³/mol. The molecule has 0 radical (unpaired) electrons. The molecule has 2 unspecified atom stereocenters. The molecule has 4 nitrogen and oxygen atoms in total. The quantitative estimate of drug-likeness (QED) is 0.456. The maximum Gasteiger partial charge on any atom is 0.0614 e. The van der Waals surface area contributed by atoms with Crippen molar-refractivity contribution in [3.63, 3.8) is 0 Å². The molecule has 5 aliphatic rings. The smallest absolute Gasteiger partial charge is 0.0614 e. The van der Waals surface area contributed by atoms with Gasteiger partial charge in [-0.2, -0.15) is 0 Å². The van der Waals surface area contributed by atoms with E-state index in [1.54, 1.807) is 0 Å². The molecule has 0 aromatic heterocycles. The topological polar surface area (TPSA) is 80.9 Å². The lowest BCUT2D eigenvalue weighted by Gasteiger charge is -2.68. The lowest BCUT2D eigenvalue weighted by molar-refractivity contribution is -0.204. The van der Waals surface area contributed by atoms with E-state index in [0.717, 1.165) is 44.9 Å². The Bertz CT molecular complexity index is 818. The Balaban J connectivity index is 1.59. The van der Waals surface area contributed by atoms with E-state index in [0.29, 0.717) is 23.7 Å². The Morgan fingerprint density at radius 3 is 2.27 bits per heavy atom. The van der Waals surface area contributed by atoms with E-state index in [2.05, 4.69) is 47.6 Å². The van der Waals surface area contributed by atoms with Crippen molar-refractivity contribution < 1.29 is 20.4 Å². The molecule has 0 saturated heterocycles. The van der Waals surface area contributed by atoms with Gasteiger partial charge in [0.25, 0.3) is 0 Å². The first-order valence-corrected chi connectivity index (χ1v) is 13.7. The molecule has 4 heteroatoms. The molecule has 5 aliphatic carbocycles. The zero-order valence-electron chi connectivity index (χ0n) is 21.7. The van der Waals surface area contributed by atoms with Gasteiger partial charge in [-0.1, -0.05) is 53.2 Å². The Morgan fingerprint density at radius 1 is 0.939 bits per heavy atom. The molecule has 0 aliphatic heterocycles. The van der Waals surface area contributed by atoms with E-state index in [1.807, 2.05) is 0 Å². The summed E-state index contributed by atoms with van der Waals surface area (Å²) >= 11 is 0. The third-order valence-electron chi connectivity index (χ3n) is 12.6. The Kier molecular flexibility index (Phi) is 5.55. The van der Waals surface area contributed by atoms with Gasteiger partial charge in [-0.15, -0.1) is 0 Å². The monoisotopic (exact) mass is 460 g/mol. The summed E-state index contributed by atoms with van der Waals surface area (Å²) in [4.78, 5) is 0. The molecule has 0 aromatic rings. The molecule has 33 heavy (non-hydrogen) atoms. The largest absolute Gasteiger partial charge is 0.396 e. The highest BCUT2D eigenvalue weighted by Gasteiger charge is 2.71. The van der Waals surface area contributed by atoms with E-state index < -0.39 is 6.10 Å². The fraction of sp³-hybridized carbons (Fsp3) is 0.931. The van der Waals surface area contributed by atoms with Crippen LogP contribution in [0.1, 0.15) is 86.5 Å². The van der Waals surface area contributed by atoms with E-state index in [-0.39, 0.29) is 52.3 Å². The second kappa shape index (κ2) is 7.54. The molecule has 0 bridgehead atoms. The van der Waals surface area contributed by atoms with Gasteiger partial charge in [0.05, 0.1) is 18.3 Å². The normalized spacial score (nSPS) is 55.3. The summed E-state index contributed by atoms with van der Waals surface area (Å²) in [6.45, 7) is 13.8. The zero-order chi connectivity index (χ0) is 24.1. The summed E-state index contributed by atoms with van der Waals surface area (Å²) in [6, 6.07) is 0. The highest BCUT2D eigenvalue weighted by Crippen LogP contribution is 2.74. The van der Waals surface area contributed by atoms with Crippen molar-refractivity contribution in [2.75, 3.05) is 6.61 Å². The summed E-state index contributed by atoms with van der Waals surface area (Å²) in [5, 5.41) is 44.7. The van der Waals surface area contributed by atoms with Crippen LogP contribution in [0.25, 0.3) is 0 Å². The summed E-state index contributed by atoms with van der Waals surface area (Å²) in [6.07, 6.45) is 7.61. The highest BCUT2D eigenvalue weighted by molar-refractivity contribution is 5.32. The van der Waals surface area contributed by atoms with Crippen molar-refractivity contribution in [2.24, 2.45) is 57.2 Å². The molecular weight excluding hydrogens is 412 g/mol. The lowest BCUT2D eigenvalue weighted by atomic mass is 9.36. The minimum atomic E-state index is -0.409. The van der Waals surface area contributed by atoms with E-state index in [1.165, 1.54) is 5.57 Å². The van der Waals surface area contributed by atoms with Crippen LogP contribution in [0.2, 0.25) is 0 Å². The number of hydrogen-bond donors (Lipinski definition) is 4. The van der Waals surface area contributed by atoms with E-state index in [9.17, 15) is 20.4 Å². The van der Waals surface area contributed by atoms with E-state index >= 15 is 0 Å². The maximum absolute atomic E-state index is 11.7. The van der Waals surface area contributed by atoms with Crippen LogP contribution in [-0.4, -0.2) is 45.3 Å². The maximum atomic E-state index is 11.7. The molecule has 4 saturated carbocycles. The molecule has 4 N–H and O–H groups in total. The zero-order valence-corrected chi connectivity index (χ0v) is 21.7. The predicted octanol–water partition coefficient (Wildman–Crippen LogP) is 4.55. The molecular formula is C29H48O4. The lowest BCUT2D eigenvalue weighted by Crippen LogP contribution is -2.65. The summed E-state index contributed by atoms with van der Waals surface area (Å²) in [7, 11) is 0. The van der Waals surface area contributed by atoms with Gasteiger partial charge in [0.15, 0.2) is 0 Å². The fourth-order valence-corrected chi connectivity index (χ4v) is 10.7. The van der Waals surface area contributed by atoms with Crippen molar-refractivity contribution in [3.8, 4) is 0 Å². The van der Waals surface area contributed by atoms with Gasteiger partial charge < -0.3 is 20.4 Å². The second-order valence-corrected chi connectivity index (χ2v) is 14.2. The van der Waals surface area contributed by atoms with Crippen LogP contribution < -0.4 is 0 Å². The molecule has 4 fully saturated rings. The van der Waals surface area contributed by atoms with Crippen LogP contribution in [0.3, 0.4) is 0 Å². The third-order valence-corrected chi connectivity index (χ3v) is 12.6. The van der Waals surface area contributed by atoms with Crippen molar-refractivity contribution in [3.05, 3.63) is 11.6 Å². The van der Waals surface area contributed by atoms with Gasteiger partial charge in [0, 0.05) is 17.9 Å². The van der Waals surface area contributed by atoms with Crippen LogP contribution >= 0.6 is 0 Å². The van der Waals surface area contributed by atoms with Crippen LogP contribution in [0.15, 0.2) is 11.6 Å². The standard InChI is InChI=1S/C29H48O4/c1-16(2)19-13-22(32)25-28(6)10-9-18-17-7-8-23(33)26(3,4)20(17)14-21(31)24(18)27(28,5)11-12-29(19,25)15-30/h9,16-17,19-25,30-33H,7-8,10-15H2,1-6H3/t17?,19-,20?,21-,22+,23-,24-,25+,27-,28+,29+/m0/s1. The van der Waals surface area contributed by atoms with Crippen LogP contribution in [0.4, 0.5) is 0 Å². The van der Waals surface area contributed by atoms with Crippen molar-refractivity contribution in [1.82, 2.24) is 0 Å². The molecule has 0 heterocycles. The number of rotatable bonds is 2. The van der Waals surface area contributed by atoms with Crippen LogP contribution in [0, 0.1) is 57.2 Å². The number of fused-ring (bicyclic) bond motifs is 7. The minimum absolute atomic E-state index is 0.0634. The van der Waals surface area contributed by atoms with Crippen LogP contribution in [-0.2, 0) is 0 Å². The van der Waals surface area contributed by atoms with Gasteiger partial charge in [-0.25, -0.2) is 0 Å². The molecule has 0 spiro atoms. The van der Waals surface area contributed by atoms with Crippen molar-refractivity contribution in [1.29, 1.82) is 0 Å². The highest BCUT2D eigenvalue weighted by atomic mass is 16.3. The van der Waals surface area contributed by atoms with Crippen molar-refractivity contribution in [2.45, 2.75) is 105 Å². The first-order chi connectivity index (χ1) is 15.3. The number of aliphatic hydroxyl groups excluding tert-OH is 4. The first kappa shape index (κ1) is 24.3. The Hall–Kier alpha value is -0.420. The van der Waals surface area contributed by atoms with Gasteiger partial charge in [0.1, 0.15) is 0 Å². The SMILES string of the molecule is CC(C)[C@@H]1C[C@@H](O)[C@H]2[C@@]1(CO)CC[C@@]1(C)[C@H]3C(=CC[C@]21C)C1CC[C@H](O)C(C)(C)C1C[C@@H]3O. The Labute approximate surface area is 200 Å². The number of allylic oxidation sites excluding steroid dienone is 1.